The van der Waals surface area contributed by atoms with E-state index in [1.807, 2.05) is 36.4 Å². The molecule has 178 valence electrons. The highest BCUT2D eigenvalue weighted by molar-refractivity contribution is 6.00. The van der Waals surface area contributed by atoms with Crippen LogP contribution in [0.15, 0.2) is 65.3 Å². The van der Waals surface area contributed by atoms with Crippen molar-refractivity contribution < 1.29 is 28.6 Å². The second kappa shape index (κ2) is 8.01. The van der Waals surface area contributed by atoms with E-state index in [-0.39, 0.29) is 35.9 Å². The molecule has 0 radical (unpaired) electrons. The van der Waals surface area contributed by atoms with Crippen LogP contribution in [0.3, 0.4) is 0 Å². The summed E-state index contributed by atoms with van der Waals surface area (Å²) in [5, 5.41) is 14.9. The van der Waals surface area contributed by atoms with Crippen molar-refractivity contribution in [1.29, 1.82) is 0 Å². The second-order valence-electron chi connectivity index (χ2n) is 9.59. The number of hydrogen-bond donors (Lipinski definition) is 3. The average molecular weight is 472 g/mol. The quantitative estimate of drug-likeness (QED) is 0.482. The smallest absolute Gasteiger partial charge is 0.411 e. The van der Waals surface area contributed by atoms with E-state index in [2.05, 4.69) is 22.8 Å². The number of furan rings is 1. The Balaban J connectivity index is 1.09. The maximum absolute atomic E-state index is 12.8. The molecule has 2 aromatic carbocycles. The second-order valence-corrected chi connectivity index (χ2v) is 9.59. The number of carbonyl (C=O) groups is 3. The van der Waals surface area contributed by atoms with Crippen LogP contribution in [0.25, 0.3) is 11.1 Å². The fourth-order valence-corrected chi connectivity index (χ4v) is 5.84. The van der Waals surface area contributed by atoms with Gasteiger partial charge in [-0.05, 0) is 47.4 Å². The van der Waals surface area contributed by atoms with Gasteiger partial charge >= 0.3 is 12.1 Å². The van der Waals surface area contributed by atoms with Crippen molar-refractivity contribution in [2.75, 3.05) is 11.9 Å². The van der Waals surface area contributed by atoms with Gasteiger partial charge in [-0.3, -0.25) is 14.9 Å². The molecule has 3 unspecified atom stereocenters. The number of ether oxygens (including phenoxy) is 1. The number of anilines is 1. The van der Waals surface area contributed by atoms with E-state index < -0.39 is 23.4 Å². The Hall–Kier alpha value is -4.07. The maximum atomic E-state index is 12.8. The Morgan fingerprint density at radius 2 is 1.69 bits per heavy atom. The first kappa shape index (κ1) is 21.5. The predicted octanol–water partition coefficient (Wildman–Crippen LogP) is 4.62. The molecule has 0 bridgehead atoms. The lowest BCUT2D eigenvalue weighted by molar-refractivity contribution is -0.143. The normalized spacial score (nSPS) is 23.7. The third-order valence-corrected chi connectivity index (χ3v) is 7.62. The highest BCUT2D eigenvalue weighted by Gasteiger charge is 2.65. The zero-order valence-corrected chi connectivity index (χ0v) is 18.8. The molecular weight excluding hydrogens is 448 g/mol. The molecule has 3 atom stereocenters. The summed E-state index contributed by atoms with van der Waals surface area (Å²) < 4.78 is 10.9. The Morgan fingerprint density at radius 3 is 2.34 bits per heavy atom. The van der Waals surface area contributed by atoms with Gasteiger partial charge in [-0.25, -0.2) is 4.79 Å². The van der Waals surface area contributed by atoms with E-state index in [1.54, 1.807) is 0 Å². The lowest BCUT2D eigenvalue weighted by Gasteiger charge is -2.16. The molecule has 6 rings (SSSR count). The minimum Gasteiger partial charge on any atom is -0.481 e. The molecule has 3 aliphatic rings. The SMILES string of the molecule is O=C(Nc1ccoc1C(=O)NC1CC2CC2(C(=O)O)C1)OCC1c2ccccc2-c2ccccc21. The molecule has 8 heteroatoms. The van der Waals surface area contributed by atoms with E-state index in [4.69, 9.17) is 9.15 Å². The third-order valence-electron chi connectivity index (χ3n) is 7.62. The molecule has 8 nitrogen and oxygen atoms in total. The van der Waals surface area contributed by atoms with Gasteiger partial charge in [0.2, 0.25) is 5.76 Å². The van der Waals surface area contributed by atoms with Gasteiger partial charge in [0.25, 0.3) is 5.91 Å². The van der Waals surface area contributed by atoms with Gasteiger partial charge in [-0.1, -0.05) is 48.5 Å². The van der Waals surface area contributed by atoms with Crippen molar-refractivity contribution in [2.45, 2.75) is 31.2 Å². The number of benzene rings is 2. The fourth-order valence-electron chi connectivity index (χ4n) is 5.84. The number of carboxylic acid groups (broad SMARTS) is 1. The van der Waals surface area contributed by atoms with Gasteiger partial charge in [0.15, 0.2) is 0 Å². The number of fused-ring (bicyclic) bond motifs is 4. The summed E-state index contributed by atoms with van der Waals surface area (Å²) in [6.45, 7) is 0.153. The van der Waals surface area contributed by atoms with Crippen LogP contribution in [0.2, 0.25) is 0 Å². The number of hydrogen-bond acceptors (Lipinski definition) is 5. The monoisotopic (exact) mass is 472 g/mol. The van der Waals surface area contributed by atoms with Crippen molar-refractivity contribution in [1.82, 2.24) is 5.32 Å². The van der Waals surface area contributed by atoms with Crippen LogP contribution in [0.4, 0.5) is 10.5 Å². The molecule has 35 heavy (non-hydrogen) atoms. The predicted molar refractivity (Wildman–Crippen MR) is 126 cm³/mol. The van der Waals surface area contributed by atoms with E-state index in [9.17, 15) is 19.5 Å². The van der Waals surface area contributed by atoms with Gasteiger partial charge in [0, 0.05) is 18.0 Å². The minimum atomic E-state index is -0.796. The Morgan fingerprint density at radius 1 is 1.00 bits per heavy atom. The average Bonchev–Trinajstić information content (AvgIpc) is 3.17. The highest BCUT2D eigenvalue weighted by atomic mass is 16.5. The number of rotatable bonds is 6. The molecular formula is C27H24N2O6. The third kappa shape index (κ3) is 3.56. The zero-order chi connectivity index (χ0) is 24.2. The highest BCUT2D eigenvalue weighted by Crippen LogP contribution is 2.63. The number of nitrogens with one attached hydrogen (secondary N) is 2. The fraction of sp³-hybridized carbons (Fsp3) is 0.296. The van der Waals surface area contributed by atoms with Crippen LogP contribution < -0.4 is 10.6 Å². The van der Waals surface area contributed by atoms with E-state index >= 15 is 0 Å². The molecule has 0 aliphatic heterocycles. The van der Waals surface area contributed by atoms with Crippen molar-refractivity contribution in [3.63, 3.8) is 0 Å². The summed E-state index contributed by atoms with van der Waals surface area (Å²) in [6, 6.07) is 17.4. The van der Waals surface area contributed by atoms with Gasteiger partial charge in [0.05, 0.1) is 17.4 Å². The van der Waals surface area contributed by atoms with Crippen LogP contribution in [-0.2, 0) is 9.53 Å². The van der Waals surface area contributed by atoms with Crippen molar-refractivity contribution in [2.24, 2.45) is 11.3 Å². The first-order valence-corrected chi connectivity index (χ1v) is 11.7. The van der Waals surface area contributed by atoms with Gasteiger partial charge in [-0.15, -0.1) is 0 Å². The Kier molecular flexibility index (Phi) is 4.91. The molecule has 3 N–H and O–H groups in total. The molecule has 1 heterocycles. The summed E-state index contributed by atoms with van der Waals surface area (Å²) in [7, 11) is 0. The number of carbonyl (C=O) groups excluding carboxylic acids is 2. The topological polar surface area (TPSA) is 118 Å². The van der Waals surface area contributed by atoms with Crippen molar-refractivity contribution in [3.05, 3.63) is 77.7 Å². The van der Waals surface area contributed by atoms with Crippen LogP contribution >= 0.6 is 0 Å². The van der Waals surface area contributed by atoms with Gasteiger partial charge < -0.3 is 19.6 Å². The summed E-state index contributed by atoms with van der Waals surface area (Å²) in [6.07, 6.45) is 2.35. The van der Waals surface area contributed by atoms with Crippen LogP contribution in [0, 0.1) is 11.3 Å². The molecule has 3 aromatic rings. The van der Waals surface area contributed by atoms with Crippen LogP contribution in [0.1, 0.15) is 46.9 Å². The maximum Gasteiger partial charge on any atom is 0.411 e. The lowest BCUT2D eigenvalue weighted by Crippen LogP contribution is -2.35. The number of aliphatic carboxylic acids is 1. The van der Waals surface area contributed by atoms with Crippen molar-refractivity contribution >= 4 is 23.7 Å². The van der Waals surface area contributed by atoms with Crippen LogP contribution in [0.5, 0.6) is 0 Å². The summed E-state index contributed by atoms with van der Waals surface area (Å²) in [5.41, 5.74) is 4.01. The molecule has 2 amide bonds. The molecule has 3 aliphatic carbocycles. The van der Waals surface area contributed by atoms with E-state index in [1.165, 1.54) is 12.3 Å². The molecule has 0 spiro atoms. The largest absolute Gasteiger partial charge is 0.481 e. The Labute approximate surface area is 201 Å². The van der Waals surface area contributed by atoms with E-state index in [0.717, 1.165) is 22.3 Å². The lowest BCUT2D eigenvalue weighted by atomic mass is 9.98. The minimum absolute atomic E-state index is 0.0385. The molecule has 0 saturated heterocycles. The Bertz CT molecular complexity index is 1300. The van der Waals surface area contributed by atoms with E-state index in [0.29, 0.717) is 19.3 Å². The first-order chi connectivity index (χ1) is 17.0. The number of amides is 2. The molecule has 1 aromatic heterocycles. The van der Waals surface area contributed by atoms with Gasteiger partial charge in [0.1, 0.15) is 6.61 Å². The number of carboxylic acids is 1. The summed E-state index contributed by atoms with van der Waals surface area (Å²) in [4.78, 5) is 36.9. The molecule has 2 fully saturated rings. The zero-order valence-electron chi connectivity index (χ0n) is 18.8. The summed E-state index contributed by atoms with van der Waals surface area (Å²) >= 11 is 0. The van der Waals surface area contributed by atoms with Gasteiger partial charge in [-0.2, -0.15) is 0 Å². The first-order valence-electron chi connectivity index (χ1n) is 11.7. The summed E-state index contributed by atoms with van der Waals surface area (Å²) in [5.74, 6) is -1.29. The van der Waals surface area contributed by atoms with Crippen molar-refractivity contribution in [3.8, 4) is 11.1 Å². The standard InChI is InChI=1S/C27H24N2O6/c30-24(28-16-11-15-12-27(15,13-16)25(31)32)23-22(9-10-34-23)29-26(33)35-14-21-19-7-3-1-5-17(19)18-6-2-4-8-20(18)21/h1-10,15-16,21H,11-14H2,(H,28,30)(H,29,33)(H,31,32). The van der Waals surface area contributed by atoms with Crippen LogP contribution in [-0.4, -0.2) is 35.7 Å². The molecule has 2 saturated carbocycles.